The molecule has 0 aliphatic heterocycles. The van der Waals surface area contributed by atoms with Crippen molar-refractivity contribution >= 4 is 17.1 Å². The van der Waals surface area contributed by atoms with Gasteiger partial charge in [-0.3, -0.25) is 9.55 Å². The monoisotopic (exact) mass is 392 g/mol. The number of alkyl carbamates (subject to hydrolysis) is 1. The molecule has 148 valence electrons. The quantitative estimate of drug-likeness (QED) is 0.731. The SMILES string of the molecule is CC(C)(C)OC(=O)NCCc1nc2cc(F)c(F)cc2n1-c1cncc(F)c1. The Bertz CT molecular complexity index is 1030. The van der Waals surface area contributed by atoms with E-state index < -0.39 is 29.1 Å². The predicted octanol–water partition coefficient (Wildman–Crippen LogP) is 3.91. The average molecular weight is 392 g/mol. The van der Waals surface area contributed by atoms with E-state index in [0.717, 1.165) is 18.3 Å². The molecule has 28 heavy (non-hydrogen) atoms. The highest BCUT2D eigenvalue weighted by Crippen LogP contribution is 2.24. The van der Waals surface area contributed by atoms with E-state index in [2.05, 4.69) is 15.3 Å². The summed E-state index contributed by atoms with van der Waals surface area (Å²) < 4.78 is 47.7. The number of nitrogens with one attached hydrogen (secondary N) is 1. The lowest BCUT2D eigenvalue weighted by Crippen LogP contribution is -2.33. The minimum absolute atomic E-state index is 0.159. The molecule has 2 heterocycles. The number of amides is 1. The van der Waals surface area contributed by atoms with Crippen LogP contribution in [0.1, 0.15) is 26.6 Å². The van der Waals surface area contributed by atoms with Crippen LogP contribution in [0.25, 0.3) is 16.7 Å². The first-order valence-corrected chi connectivity index (χ1v) is 8.58. The van der Waals surface area contributed by atoms with Crippen LogP contribution in [0.15, 0.2) is 30.6 Å². The number of carbonyl (C=O) groups is 1. The summed E-state index contributed by atoms with van der Waals surface area (Å²) in [5.74, 6) is -2.28. The minimum atomic E-state index is -1.04. The van der Waals surface area contributed by atoms with Gasteiger partial charge >= 0.3 is 6.09 Å². The molecule has 1 N–H and O–H groups in total. The molecule has 0 fully saturated rings. The summed E-state index contributed by atoms with van der Waals surface area (Å²) in [6, 6.07) is 3.17. The molecular formula is C19H19F3N4O2. The number of hydrogen-bond acceptors (Lipinski definition) is 4. The van der Waals surface area contributed by atoms with Gasteiger partial charge in [0.05, 0.1) is 29.1 Å². The maximum absolute atomic E-state index is 13.8. The van der Waals surface area contributed by atoms with E-state index in [1.807, 2.05) is 0 Å². The molecule has 1 aromatic carbocycles. The first-order chi connectivity index (χ1) is 13.1. The van der Waals surface area contributed by atoms with Gasteiger partial charge < -0.3 is 10.1 Å². The number of hydrogen-bond donors (Lipinski definition) is 1. The molecule has 0 bridgehead atoms. The molecule has 3 aromatic rings. The summed E-state index contributed by atoms with van der Waals surface area (Å²) in [6.07, 6.45) is 2.04. The molecule has 0 aliphatic rings. The third-order valence-electron chi connectivity index (χ3n) is 3.73. The topological polar surface area (TPSA) is 69.0 Å². The smallest absolute Gasteiger partial charge is 0.407 e. The van der Waals surface area contributed by atoms with Gasteiger partial charge in [0.15, 0.2) is 11.6 Å². The summed E-state index contributed by atoms with van der Waals surface area (Å²) >= 11 is 0. The average Bonchev–Trinajstić information content (AvgIpc) is 2.90. The van der Waals surface area contributed by atoms with Crippen LogP contribution in [-0.2, 0) is 11.2 Å². The van der Waals surface area contributed by atoms with Gasteiger partial charge in [0.25, 0.3) is 0 Å². The zero-order chi connectivity index (χ0) is 20.5. The highest BCUT2D eigenvalue weighted by Gasteiger charge is 2.18. The minimum Gasteiger partial charge on any atom is -0.444 e. The molecule has 0 aliphatic carbocycles. The van der Waals surface area contributed by atoms with Gasteiger partial charge in [-0.2, -0.15) is 0 Å². The van der Waals surface area contributed by atoms with E-state index in [0.29, 0.717) is 11.5 Å². The number of carbonyl (C=O) groups excluding carboxylic acids is 1. The summed E-state index contributed by atoms with van der Waals surface area (Å²) in [4.78, 5) is 19.9. The number of benzene rings is 1. The second kappa shape index (κ2) is 7.49. The standard InChI is InChI=1S/C19H19F3N4O2/c1-19(2,3)28-18(27)24-5-4-17-25-15-7-13(21)14(22)8-16(15)26(17)12-6-11(20)9-23-10-12/h6-10H,4-5H2,1-3H3,(H,24,27). The van der Waals surface area contributed by atoms with Gasteiger partial charge in [-0.1, -0.05) is 0 Å². The Kier molecular flexibility index (Phi) is 5.26. The van der Waals surface area contributed by atoms with E-state index >= 15 is 0 Å². The van der Waals surface area contributed by atoms with E-state index in [9.17, 15) is 18.0 Å². The molecule has 0 saturated carbocycles. The number of rotatable bonds is 4. The molecule has 0 radical (unpaired) electrons. The second-order valence-electron chi connectivity index (χ2n) is 7.16. The fourth-order valence-corrected chi connectivity index (χ4v) is 2.69. The van der Waals surface area contributed by atoms with Gasteiger partial charge in [0.2, 0.25) is 0 Å². The highest BCUT2D eigenvalue weighted by molar-refractivity contribution is 5.78. The Balaban J connectivity index is 1.93. The van der Waals surface area contributed by atoms with E-state index in [4.69, 9.17) is 4.74 Å². The molecule has 3 rings (SSSR count). The lowest BCUT2D eigenvalue weighted by molar-refractivity contribution is 0.0528. The maximum atomic E-state index is 13.8. The molecule has 9 heteroatoms. The number of pyridine rings is 1. The number of imidazole rings is 1. The van der Waals surface area contributed by atoms with Crippen LogP contribution >= 0.6 is 0 Å². The Labute approximate surface area is 159 Å². The number of ether oxygens (including phenoxy) is 1. The molecular weight excluding hydrogens is 373 g/mol. The Morgan fingerprint density at radius 2 is 1.86 bits per heavy atom. The van der Waals surface area contributed by atoms with Gasteiger partial charge in [-0.05, 0) is 20.8 Å². The normalized spacial score (nSPS) is 11.6. The van der Waals surface area contributed by atoms with Crippen molar-refractivity contribution in [3.8, 4) is 5.69 Å². The fourth-order valence-electron chi connectivity index (χ4n) is 2.69. The maximum Gasteiger partial charge on any atom is 0.407 e. The fraction of sp³-hybridized carbons (Fsp3) is 0.316. The zero-order valence-electron chi connectivity index (χ0n) is 15.6. The van der Waals surface area contributed by atoms with Crippen LogP contribution in [0.2, 0.25) is 0 Å². The van der Waals surface area contributed by atoms with Crippen molar-refractivity contribution in [2.45, 2.75) is 32.8 Å². The molecule has 2 aromatic heterocycles. The summed E-state index contributed by atoms with van der Waals surface area (Å²) in [5, 5.41) is 2.59. The first kappa shape index (κ1) is 19.7. The lowest BCUT2D eigenvalue weighted by Gasteiger charge is -2.19. The Hall–Kier alpha value is -3.10. The van der Waals surface area contributed by atoms with Crippen molar-refractivity contribution < 1.29 is 22.7 Å². The number of fused-ring (bicyclic) bond motifs is 1. The largest absolute Gasteiger partial charge is 0.444 e. The molecule has 6 nitrogen and oxygen atoms in total. The van der Waals surface area contributed by atoms with Gasteiger partial charge in [0.1, 0.15) is 17.2 Å². The Morgan fingerprint density at radius 1 is 1.14 bits per heavy atom. The van der Waals surface area contributed by atoms with Crippen LogP contribution in [0.4, 0.5) is 18.0 Å². The third kappa shape index (κ3) is 4.41. The van der Waals surface area contributed by atoms with Crippen molar-refractivity contribution in [2.24, 2.45) is 0 Å². The van der Waals surface area contributed by atoms with Gasteiger partial charge in [-0.25, -0.2) is 22.9 Å². The van der Waals surface area contributed by atoms with Gasteiger partial charge in [0, 0.05) is 31.2 Å². The van der Waals surface area contributed by atoms with Crippen molar-refractivity contribution in [3.05, 3.63) is 53.9 Å². The molecule has 0 saturated heterocycles. The first-order valence-electron chi connectivity index (χ1n) is 8.58. The van der Waals surface area contributed by atoms with E-state index in [1.165, 1.54) is 16.8 Å². The van der Waals surface area contributed by atoms with E-state index in [1.54, 1.807) is 20.8 Å². The number of nitrogens with zero attached hydrogens (tertiary/aromatic N) is 3. The van der Waals surface area contributed by atoms with Crippen LogP contribution in [-0.4, -0.2) is 32.8 Å². The van der Waals surface area contributed by atoms with Gasteiger partial charge in [-0.15, -0.1) is 0 Å². The number of halogens is 3. The summed E-state index contributed by atoms with van der Waals surface area (Å²) in [6.45, 7) is 5.39. The Morgan fingerprint density at radius 3 is 2.54 bits per heavy atom. The zero-order valence-corrected chi connectivity index (χ0v) is 15.6. The van der Waals surface area contributed by atoms with E-state index in [-0.39, 0.29) is 24.0 Å². The van der Waals surface area contributed by atoms with Crippen LogP contribution in [0.3, 0.4) is 0 Å². The molecule has 0 unspecified atom stereocenters. The summed E-state index contributed by atoms with van der Waals surface area (Å²) in [5.41, 5.74) is 0.134. The lowest BCUT2D eigenvalue weighted by atomic mass is 10.2. The molecule has 0 spiro atoms. The second-order valence-corrected chi connectivity index (χ2v) is 7.16. The van der Waals surface area contributed by atoms with Crippen molar-refractivity contribution in [2.75, 3.05) is 6.54 Å². The molecule has 1 amide bonds. The van der Waals surface area contributed by atoms with Crippen LogP contribution in [0.5, 0.6) is 0 Å². The van der Waals surface area contributed by atoms with Crippen LogP contribution < -0.4 is 5.32 Å². The van der Waals surface area contributed by atoms with Crippen LogP contribution in [0, 0.1) is 17.5 Å². The number of aromatic nitrogens is 3. The van der Waals surface area contributed by atoms with Crippen molar-refractivity contribution in [3.63, 3.8) is 0 Å². The molecule has 0 atom stereocenters. The third-order valence-corrected chi connectivity index (χ3v) is 3.73. The summed E-state index contributed by atoms with van der Waals surface area (Å²) in [7, 11) is 0. The van der Waals surface area contributed by atoms with Crippen molar-refractivity contribution in [1.82, 2.24) is 19.9 Å². The predicted molar refractivity (Wildman–Crippen MR) is 96.7 cm³/mol. The highest BCUT2D eigenvalue weighted by atomic mass is 19.2. The van der Waals surface area contributed by atoms with Crippen molar-refractivity contribution in [1.29, 1.82) is 0 Å².